The van der Waals surface area contributed by atoms with Crippen molar-refractivity contribution in [2.24, 2.45) is 0 Å². The summed E-state index contributed by atoms with van der Waals surface area (Å²) in [6, 6.07) is 7.91. The zero-order valence-corrected chi connectivity index (χ0v) is 11.3. The first-order valence-corrected chi connectivity index (χ1v) is 6.87. The van der Waals surface area contributed by atoms with Gasteiger partial charge in [0.1, 0.15) is 0 Å². The lowest BCUT2D eigenvalue weighted by Crippen LogP contribution is -2.16. The van der Waals surface area contributed by atoms with Gasteiger partial charge >= 0.3 is 0 Å². The number of carbonyl (C=O) groups excluding carboxylic acids is 1. The molecule has 4 heteroatoms. The summed E-state index contributed by atoms with van der Waals surface area (Å²) in [7, 11) is 0. The molecule has 2 rings (SSSR count). The summed E-state index contributed by atoms with van der Waals surface area (Å²) in [5, 5.41) is 4.85. The van der Waals surface area contributed by atoms with Gasteiger partial charge in [0.05, 0.1) is 17.6 Å². The highest BCUT2D eigenvalue weighted by molar-refractivity contribution is 7.07. The zero-order chi connectivity index (χ0) is 13.0. The fourth-order valence-corrected chi connectivity index (χ4v) is 2.36. The molecule has 1 aromatic carbocycles. The number of carbonyl (C=O) groups is 1. The van der Waals surface area contributed by atoms with E-state index in [4.69, 9.17) is 0 Å². The molecular formula is C14H16N2OS. The van der Waals surface area contributed by atoms with Gasteiger partial charge in [-0.2, -0.15) is 0 Å². The second kappa shape index (κ2) is 5.78. The average Bonchev–Trinajstić information content (AvgIpc) is 2.82. The number of nitrogens with one attached hydrogen (secondary N) is 1. The number of hydrogen-bond acceptors (Lipinski definition) is 3. The molecule has 0 aliphatic carbocycles. The molecule has 18 heavy (non-hydrogen) atoms. The third-order valence-electron chi connectivity index (χ3n) is 2.68. The van der Waals surface area contributed by atoms with Gasteiger partial charge in [-0.3, -0.25) is 4.79 Å². The highest BCUT2D eigenvalue weighted by Crippen LogP contribution is 2.23. The van der Waals surface area contributed by atoms with Gasteiger partial charge in [0, 0.05) is 11.1 Å². The van der Waals surface area contributed by atoms with Crippen molar-refractivity contribution in [2.75, 3.05) is 5.32 Å². The third-order valence-corrected chi connectivity index (χ3v) is 3.32. The summed E-state index contributed by atoms with van der Waals surface area (Å²) in [6.07, 6.45) is 0.329. The predicted molar refractivity (Wildman–Crippen MR) is 75.0 cm³/mol. The Morgan fingerprint density at radius 3 is 2.83 bits per heavy atom. The number of thiazole rings is 1. The van der Waals surface area contributed by atoms with E-state index in [0.29, 0.717) is 12.3 Å². The van der Waals surface area contributed by atoms with E-state index in [2.05, 4.69) is 24.1 Å². The standard InChI is InChI=1S/C14H16N2OS/c1-10(2)12-5-3-4-6-13(12)16-14(17)7-11-8-18-9-15-11/h3-6,8-10H,7H2,1-2H3,(H,16,17). The van der Waals surface area contributed by atoms with Crippen molar-refractivity contribution in [3.8, 4) is 0 Å². The Kier molecular flexibility index (Phi) is 4.10. The SMILES string of the molecule is CC(C)c1ccccc1NC(=O)Cc1cscn1. The van der Waals surface area contributed by atoms with E-state index in [1.807, 2.05) is 29.6 Å². The van der Waals surface area contributed by atoms with Crippen LogP contribution in [0.2, 0.25) is 0 Å². The molecule has 0 fully saturated rings. The van der Waals surface area contributed by atoms with Gasteiger partial charge < -0.3 is 5.32 Å². The topological polar surface area (TPSA) is 42.0 Å². The van der Waals surface area contributed by atoms with Crippen LogP contribution in [0.25, 0.3) is 0 Å². The fourth-order valence-electron chi connectivity index (χ4n) is 1.80. The first-order valence-electron chi connectivity index (χ1n) is 5.92. The van der Waals surface area contributed by atoms with Crippen LogP contribution in [0.5, 0.6) is 0 Å². The molecule has 1 amide bonds. The highest BCUT2D eigenvalue weighted by Gasteiger charge is 2.10. The first-order chi connectivity index (χ1) is 8.66. The summed E-state index contributed by atoms with van der Waals surface area (Å²) in [5.41, 5.74) is 4.61. The van der Waals surface area contributed by atoms with Crippen molar-refractivity contribution in [1.82, 2.24) is 4.98 Å². The van der Waals surface area contributed by atoms with Crippen LogP contribution in [-0.4, -0.2) is 10.9 Å². The largest absolute Gasteiger partial charge is 0.325 e. The Bertz CT molecular complexity index is 520. The lowest BCUT2D eigenvalue weighted by atomic mass is 10.0. The number of benzene rings is 1. The first kappa shape index (κ1) is 12.8. The van der Waals surface area contributed by atoms with E-state index < -0.39 is 0 Å². The van der Waals surface area contributed by atoms with Gasteiger partial charge in [-0.05, 0) is 17.5 Å². The summed E-state index contributed by atoms with van der Waals surface area (Å²) in [5.74, 6) is 0.370. The molecule has 1 heterocycles. The van der Waals surface area contributed by atoms with Crippen LogP contribution in [0.4, 0.5) is 5.69 Å². The predicted octanol–water partition coefficient (Wildman–Crippen LogP) is 3.45. The minimum Gasteiger partial charge on any atom is -0.325 e. The van der Waals surface area contributed by atoms with E-state index in [1.165, 1.54) is 11.3 Å². The van der Waals surface area contributed by atoms with Crippen LogP contribution < -0.4 is 5.32 Å². The number of hydrogen-bond donors (Lipinski definition) is 1. The lowest BCUT2D eigenvalue weighted by Gasteiger charge is -2.13. The minimum atomic E-state index is -0.0194. The van der Waals surface area contributed by atoms with Crippen LogP contribution >= 0.6 is 11.3 Å². The molecule has 0 aliphatic heterocycles. The molecule has 94 valence electrons. The molecule has 3 nitrogen and oxygen atoms in total. The van der Waals surface area contributed by atoms with Gasteiger partial charge in [-0.15, -0.1) is 11.3 Å². The van der Waals surface area contributed by atoms with Crippen LogP contribution in [0.1, 0.15) is 31.0 Å². The molecule has 0 saturated heterocycles. The van der Waals surface area contributed by atoms with E-state index >= 15 is 0 Å². The maximum absolute atomic E-state index is 11.9. The summed E-state index contributed by atoms with van der Waals surface area (Å²) >= 11 is 1.50. The molecule has 1 aromatic heterocycles. The van der Waals surface area contributed by atoms with Gasteiger partial charge in [-0.25, -0.2) is 4.98 Å². The number of anilines is 1. The molecule has 0 radical (unpaired) electrons. The van der Waals surface area contributed by atoms with Gasteiger partial charge in [0.2, 0.25) is 5.91 Å². The molecular weight excluding hydrogens is 244 g/mol. The van der Waals surface area contributed by atoms with Gasteiger partial charge in [0.15, 0.2) is 0 Å². The molecule has 0 aliphatic rings. The monoisotopic (exact) mass is 260 g/mol. The zero-order valence-electron chi connectivity index (χ0n) is 10.5. The van der Waals surface area contributed by atoms with Gasteiger partial charge in [-0.1, -0.05) is 32.0 Å². The average molecular weight is 260 g/mol. The van der Waals surface area contributed by atoms with E-state index in [-0.39, 0.29) is 5.91 Å². The van der Waals surface area contributed by atoms with Crippen LogP contribution in [0, 0.1) is 0 Å². The number of para-hydroxylation sites is 1. The Balaban J connectivity index is 2.07. The number of amides is 1. The molecule has 0 unspecified atom stereocenters. The maximum atomic E-state index is 11.9. The fraction of sp³-hybridized carbons (Fsp3) is 0.286. The van der Waals surface area contributed by atoms with E-state index in [0.717, 1.165) is 16.9 Å². The molecule has 0 atom stereocenters. The summed E-state index contributed by atoms with van der Waals surface area (Å²) < 4.78 is 0. The Morgan fingerprint density at radius 1 is 1.39 bits per heavy atom. The highest BCUT2D eigenvalue weighted by atomic mass is 32.1. The van der Waals surface area contributed by atoms with Crippen molar-refractivity contribution in [3.05, 3.63) is 46.4 Å². The Hall–Kier alpha value is -1.68. The second-order valence-corrected chi connectivity index (χ2v) is 5.17. The van der Waals surface area contributed by atoms with Crippen molar-refractivity contribution in [2.45, 2.75) is 26.2 Å². The minimum absolute atomic E-state index is 0.0194. The smallest absolute Gasteiger partial charge is 0.230 e. The van der Waals surface area contributed by atoms with E-state index in [9.17, 15) is 4.79 Å². The molecule has 2 aromatic rings. The quantitative estimate of drug-likeness (QED) is 0.915. The van der Waals surface area contributed by atoms with Gasteiger partial charge in [0.25, 0.3) is 0 Å². The maximum Gasteiger partial charge on any atom is 0.230 e. The van der Waals surface area contributed by atoms with E-state index in [1.54, 1.807) is 5.51 Å². The van der Waals surface area contributed by atoms with Crippen molar-refractivity contribution in [3.63, 3.8) is 0 Å². The number of nitrogens with zero attached hydrogens (tertiary/aromatic N) is 1. The van der Waals surface area contributed by atoms with Crippen LogP contribution in [0.15, 0.2) is 35.2 Å². The number of aromatic nitrogens is 1. The molecule has 1 N–H and O–H groups in total. The van der Waals surface area contributed by atoms with Crippen molar-refractivity contribution < 1.29 is 4.79 Å². The number of rotatable bonds is 4. The van der Waals surface area contributed by atoms with Crippen LogP contribution in [-0.2, 0) is 11.2 Å². The molecule has 0 spiro atoms. The summed E-state index contributed by atoms with van der Waals surface area (Å²) in [4.78, 5) is 16.0. The molecule has 0 bridgehead atoms. The second-order valence-electron chi connectivity index (χ2n) is 4.45. The van der Waals surface area contributed by atoms with Crippen molar-refractivity contribution in [1.29, 1.82) is 0 Å². The summed E-state index contributed by atoms with van der Waals surface area (Å²) in [6.45, 7) is 4.23. The van der Waals surface area contributed by atoms with Crippen molar-refractivity contribution >= 4 is 22.9 Å². The Morgan fingerprint density at radius 2 is 2.17 bits per heavy atom. The molecule has 0 saturated carbocycles. The lowest BCUT2D eigenvalue weighted by molar-refractivity contribution is -0.115. The van der Waals surface area contributed by atoms with Crippen LogP contribution in [0.3, 0.4) is 0 Å². The normalized spacial score (nSPS) is 10.6. The third kappa shape index (κ3) is 3.17. The Labute approximate surface area is 111 Å².